The molecule has 0 aliphatic rings. The lowest BCUT2D eigenvalue weighted by Gasteiger charge is -2.06. The molecule has 1 aromatic heterocycles. The third kappa shape index (κ3) is 4.61. The van der Waals surface area contributed by atoms with Gasteiger partial charge in [0.1, 0.15) is 0 Å². The molecule has 0 bridgehead atoms. The molecule has 0 aliphatic heterocycles. The fraction of sp³-hybridized carbons (Fsp3) is 0.250. The number of hydrogen-bond acceptors (Lipinski definition) is 3. The lowest BCUT2D eigenvalue weighted by molar-refractivity contribution is 1.29. The Morgan fingerprint density at radius 2 is 0.926 bits per heavy atom. The van der Waals surface area contributed by atoms with Crippen LogP contribution in [0.15, 0.2) is 46.4 Å². The maximum atomic E-state index is 4.73. The molecule has 27 heavy (non-hydrogen) atoms. The molecule has 3 aromatic rings. The minimum atomic E-state index is 1.06. The van der Waals surface area contributed by atoms with Crippen molar-refractivity contribution in [3.05, 3.63) is 79.5 Å². The second-order valence-electron chi connectivity index (χ2n) is 7.25. The van der Waals surface area contributed by atoms with Crippen molar-refractivity contribution < 1.29 is 0 Å². The van der Waals surface area contributed by atoms with E-state index < -0.39 is 0 Å². The molecule has 2 aromatic carbocycles. The van der Waals surface area contributed by atoms with Crippen molar-refractivity contribution in [3.8, 4) is 0 Å². The van der Waals surface area contributed by atoms with Crippen LogP contribution in [0.25, 0.3) is 0 Å². The van der Waals surface area contributed by atoms with Gasteiger partial charge >= 0.3 is 0 Å². The number of thiophene rings is 1. The van der Waals surface area contributed by atoms with Crippen molar-refractivity contribution in [2.24, 2.45) is 9.98 Å². The average molecular weight is 375 g/mol. The maximum absolute atomic E-state index is 4.73. The molecular formula is C24H26N2S. The Labute approximate surface area is 166 Å². The van der Waals surface area contributed by atoms with Crippen molar-refractivity contribution in [1.29, 1.82) is 0 Å². The second kappa shape index (κ2) is 8.01. The van der Waals surface area contributed by atoms with Crippen molar-refractivity contribution in [2.75, 3.05) is 0 Å². The average Bonchev–Trinajstić information content (AvgIpc) is 3.00. The largest absolute Gasteiger partial charge is 0.255 e. The molecule has 0 N–H and O–H groups in total. The Balaban J connectivity index is 1.80. The van der Waals surface area contributed by atoms with E-state index in [-0.39, 0.29) is 0 Å². The van der Waals surface area contributed by atoms with Gasteiger partial charge in [-0.05, 0) is 75.9 Å². The quantitative estimate of drug-likeness (QED) is 0.435. The van der Waals surface area contributed by atoms with E-state index in [4.69, 9.17) is 9.98 Å². The number of aryl methyl sites for hydroxylation is 6. The molecule has 138 valence electrons. The van der Waals surface area contributed by atoms with Gasteiger partial charge in [0.15, 0.2) is 0 Å². The third-order valence-corrected chi connectivity index (χ3v) is 5.51. The summed E-state index contributed by atoms with van der Waals surface area (Å²) < 4.78 is 0. The smallest absolute Gasteiger partial charge is 0.0688 e. The molecule has 3 heteroatoms. The van der Waals surface area contributed by atoms with Gasteiger partial charge in [-0.3, -0.25) is 9.98 Å². The highest BCUT2D eigenvalue weighted by Crippen LogP contribution is 2.27. The first-order valence-corrected chi connectivity index (χ1v) is 9.99. The zero-order valence-electron chi connectivity index (χ0n) is 16.9. The molecule has 3 rings (SSSR count). The third-order valence-electron chi connectivity index (χ3n) is 4.56. The number of rotatable bonds is 4. The zero-order valence-corrected chi connectivity index (χ0v) is 17.7. The maximum Gasteiger partial charge on any atom is 0.0688 e. The van der Waals surface area contributed by atoms with E-state index in [1.165, 1.54) is 33.4 Å². The normalized spacial score (nSPS) is 11.8. The molecule has 1 heterocycles. The van der Waals surface area contributed by atoms with Crippen LogP contribution >= 0.6 is 11.3 Å². The molecule has 0 amide bonds. The molecule has 0 spiro atoms. The minimum absolute atomic E-state index is 1.06. The van der Waals surface area contributed by atoms with E-state index in [0.717, 1.165) is 21.1 Å². The van der Waals surface area contributed by atoms with Gasteiger partial charge in [0.05, 0.1) is 11.4 Å². The Morgan fingerprint density at radius 1 is 0.593 bits per heavy atom. The molecule has 0 fully saturated rings. The SMILES string of the molecule is Cc1cc(C)c(N=Cc2ccc(C=Nc3c(C)cc(C)cc3C)s2)c(C)c1. The van der Waals surface area contributed by atoms with E-state index in [1.807, 2.05) is 12.4 Å². The molecule has 2 nitrogen and oxygen atoms in total. The molecule has 0 radical (unpaired) electrons. The summed E-state index contributed by atoms with van der Waals surface area (Å²) >= 11 is 1.70. The molecule has 0 saturated heterocycles. The van der Waals surface area contributed by atoms with Crippen LogP contribution in [0.2, 0.25) is 0 Å². The fourth-order valence-corrected chi connectivity index (χ4v) is 4.27. The van der Waals surface area contributed by atoms with Crippen LogP contribution in [-0.4, -0.2) is 12.4 Å². The summed E-state index contributed by atoms with van der Waals surface area (Å²) in [4.78, 5) is 11.7. The molecular weight excluding hydrogens is 348 g/mol. The van der Waals surface area contributed by atoms with Crippen molar-refractivity contribution in [3.63, 3.8) is 0 Å². The van der Waals surface area contributed by atoms with Crippen LogP contribution in [0.4, 0.5) is 11.4 Å². The monoisotopic (exact) mass is 374 g/mol. The lowest BCUT2D eigenvalue weighted by Crippen LogP contribution is -1.84. The Bertz CT molecular complexity index is 910. The number of hydrogen-bond donors (Lipinski definition) is 0. The highest BCUT2D eigenvalue weighted by Gasteiger charge is 2.04. The fourth-order valence-electron chi connectivity index (χ4n) is 3.52. The lowest BCUT2D eigenvalue weighted by atomic mass is 10.1. The zero-order chi connectivity index (χ0) is 19.6. The van der Waals surface area contributed by atoms with Gasteiger partial charge in [0.25, 0.3) is 0 Å². The Morgan fingerprint density at radius 3 is 1.26 bits per heavy atom. The van der Waals surface area contributed by atoms with Crippen LogP contribution in [0.3, 0.4) is 0 Å². The summed E-state index contributed by atoms with van der Waals surface area (Å²) in [5, 5.41) is 0. The summed E-state index contributed by atoms with van der Waals surface area (Å²) in [5.74, 6) is 0. The summed E-state index contributed by atoms with van der Waals surface area (Å²) in [6.45, 7) is 12.7. The van der Waals surface area contributed by atoms with E-state index in [9.17, 15) is 0 Å². The van der Waals surface area contributed by atoms with E-state index in [1.54, 1.807) is 11.3 Å². The van der Waals surface area contributed by atoms with E-state index in [0.29, 0.717) is 0 Å². The summed E-state index contributed by atoms with van der Waals surface area (Å²) in [7, 11) is 0. The van der Waals surface area contributed by atoms with Crippen LogP contribution in [-0.2, 0) is 0 Å². The van der Waals surface area contributed by atoms with Gasteiger partial charge in [-0.25, -0.2) is 0 Å². The molecule has 0 aliphatic carbocycles. The van der Waals surface area contributed by atoms with Gasteiger partial charge in [-0.2, -0.15) is 0 Å². The first kappa shape index (κ1) is 19.2. The van der Waals surface area contributed by atoms with Gasteiger partial charge in [-0.1, -0.05) is 35.4 Å². The predicted octanol–water partition coefficient (Wildman–Crippen LogP) is 7.10. The number of nitrogens with zero attached hydrogens (tertiary/aromatic N) is 2. The summed E-state index contributed by atoms with van der Waals surface area (Å²) in [5.41, 5.74) is 9.55. The minimum Gasteiger partial charge on any atom is -0.255 e. The highest BCUT2D eigenvalue weighted by molar-refractivity contribution is 7.15. The van der Waals surface area contributed by atoms with Gasteiger partial charge in [0, 0.05) is 22.2 Å². The van der Waals surface area contributed by atoms with Crippen molar-refractivity contribution >= 4 is 35.1 Å². The molecule has 0 unspecified atom stereocenters. The first-order valence-electron chi connectivity index (χ1n) is 9.17. The van der Waals surface area contributed by atoms with Crippen molar-refractivity contribution in [2.45, 2.75) is 41.5 Å². The summed E-state index contributed by atoms with van der Waals surface area (Å²) in [6, 6.07) is 12.9. The standard InChI is InChI=1S/C24H26N2S/c1-15-9-17(3)23(18(4)10-15)25-13-21-7-8-22(27-21)14-26-24-19(5)11-16(2)12-20(24)6/h7-14H,1-6H3. The van der Waals surface area contributed by atoms with Crippen LogP contribution in [0.1, 0.15) is 43.1 Å². The second-order valence-corrected chi connectivity index (χ2v) is 8.40. The molecule has 0 saturated carbocycles. The number of aliphatic imine (C=N–C) groups is 2. The number of benzene rings is 2. The van der Waals surface area contributed by atoms with Gasteiger partial charge in [-0.15, -0.1) is 11.3 Å². The van der Waals surface area contributed by atoms with Crippen molar-refractivity contribution in [1.82, 2.24) is 0 Å². The predicted molar refractivity (Wildman–Crippen MR) is 120 cm³/mol. The summed E-state index contributed by atoms with van der Waals surface area (Å²) in [6.07, 6.45) is 3.91. The van der Waals surface area contributed by atoms with Crippen LogP contribution in [0, 0.1) is 41.5 Å². The Kier molecular flexibility index (Phi) is 5.71. The first-order chi connectivity index (χ1) is 12.8. The topological polar surface area (TPSA) is 24.7 Å². The van der Waals surface area contributed by atoms with E-state index in [2.05, 4.69) is 77.9 Å². The van der Waals surface area contributed by atoms with E-state index >= 15 is 0 Å². The van der Waals surface area contributed by atoms with Gasteiger partial charge < -0.3 is 0 Å². The highest BCUT2D eigenvalue weighted by atomic mass is 32.1. The van der Waals surface area contributed by atoms with Crippen LogP contribution in [0.5, 0.6) is 0 Å². The Hall–Kier alpha value is -2.52. The molecule has 0 atom stereocenters. The van der Waals surface area contributed by atoms with Crippen LogP contribution < -0.4 is 0 Å². The van der Waals surface area contributed by atoms with Gasteiger partial charge in [0.2, 0.25) is 0 Å².